The van der Waals surface area contributed by atoms with E-state index in [2.05, 4.69) is 25.2 Å². The molecule has 0 saturated carbocycles. The number of ether oxygens (including phenoxy) is 1. The van der Waals surface area contributed by atoms with Crippen molar-refractivity contribution in [3.63, 3.8) is 0 Å². The predicted molar refractivity (Wildman–Crippen MR) is 80.8 cm³/mol. The third-order valence-electron chi connectivity index (χ3n) is 3.01. The van der Waals surface area contributed by atoms with Crippen LogP contribution >= 0.6 is 11.3 Å². The maximum Gasteiger partial charge on any atom is 0.296 e. The molecule has 20 heavy (non-hydrogen) atoms. The monoisotopic (exact) mass is 292 g/mol. The lowest BCUT2D eigenvalue weighted by molar-refractivity contribution is -0.384. The van der Waals surface area contributed by atoms with E-state index in [1.165, 1.54) is 22.9 Å². The van der Waals surface area contributed by atoms with Crippen molar-refractivity contribution >= 4 is 22.7 Å². The third kappa shape index (κ3) is 3.08. The zero-order valence-electron chi connectivity index (χ0n) is 11.6. The summed E-state index contributed by atoms with van der Waals surface area (Å²) >= 11 is 1.73. The molecule has 0 radical (unpaired) electrons. The highest BCUT2D eigenvalue weighted by Gasteiger charge is 2.15. The van der Waals surface area contributed by atoms with E-state index in [1.54, 1.807) is 23.5 Å². The maximum atomic E-state index is 11.1. The number of benzene rings is 1. The van der Waals surface area contributed by atoms with Gasteiger partial charge in [-0.3, -0.25) is 10.1 Å². The third-order valence-corrected chi connectivity index (χ3v) is 4.02. The standard InChI is InChI=1S/C14H16N2O3S/c1-9-6-11(10(2)20-9)8-15-13-5-4-12(19-3)7-14(13)16(17)18/h4-7,15H,8H2,1-3H3. The Kier molecular flexibility index (Phi) is 4.24. The summed E-state index contributed by atoms with van der Waals surface area (Å²) in [6.45, 7) is 4.68. The molecule has 5 nitrogen and oxygen atoms in total. The van der Waals surface area contributed by atoms with E-state index in [9.17, 15) is 10.1 Å². The molecule has 1 aromatic carbocycles. The number of hydrogen-bond acceptors (Lipinski definition) is 5. The van der Waals surface area contributed by atoms with Gasteiger partial charge in [-0.15, -0.1) is 11.3 Å². The van der Waals surface area contributed by atoms with Crippen molar-refractivity contribution in [1.82, 2.24) is 0 Å². The summed E-state index contributed by atoms with van der Waals surface area (Å²) in [5.74, 6) is 0.477. The molecule has 1 aromatic heterocycles. The van der Waals surface area contributed by atoms with Crippen molar-refractivity contribution in [2.45, 2.75) is 20.4 Å². The minimum atomic E-state index is -0.406. The molecule has 0 bridgehead atoms. The van der Waals surface area contributed by atoms with Crippen LogP contribution in [0.2, 0.25) is 0 Å². The summed E-state index contributed by atoms with van der Waals surface area (Å²) < 4.78 is 5.01. The van der Waals surface area contributed by atoms with Crippen LogP contribution in [0.5, 0.6) is 5.75 Å². The number of rotatable bonds is 5. The summed E-state index contributed by atoms with van der Waals surface area (Å²) in [4.78, 5) is 13.1. The van der Waals surface area contributed by atoms with Gasteiger partial charge in [-0.05, 0) is 37.6 Å². The number of nitro benzene ring substituents is 1. The average molecular weight is 292 g/mol. The second-order valence-corrected chi connectivity index (χ2v) is 5.89. The SMILES string of the molecule is COc1ccc(NCc2cc(C)sc2C)c([N+](=O)[O-])c1. The first kappa shape index (κ1) is 14.3. The van der Waals surface area contributed by atoms with Crippen LogP contribution in [-0.2, 0) is 6.54 Å². The molecule has 0 unspecified atom stereocenters. The molecule has 106 valence electrons. The Bertz CT molecular complexity index is 637. The van der Waals surface area contributed by atoms with Crippen molar-refractivity contribution in [2.24, 2.45) is 0 Å². The Morgan fingerprint density at radius 2 is 2.10 bits per heavy atom. The lowest BCUT2D eigenvalue weighted by atomic mass is 10.2. The minimum absolute atomic E-state index is 0.0222. The van der Waals surface area contributed by atoms with Crippen LogP contribution in [0, 0.1) is 24.0 Å². The predicted octanol–water partition coefficient (Wildman–Crippen LogP) is 3.89. The van der Waals surface area contributed by atoms with Crippen LogP contribution in [0.1, 0.15) is 15.3 Å². The Balaban J connectivity index is 2.20. The summed E-state index contributed by atoms with van der Waals surface area (Å²) in [5.41, 5.74) is 1.69. The molecule has 0 saturated heterocycles. The summed E-state index contributed by atoms with van der Waals surface area (Å²) in [6, 6.07) is 6.91. The molecule has 0 aliphatic heterocycles. The Morgan fingerprint density at radius 3 is 2.65 bits per heavy atom. The summed E-state index contributed by atoms with van der Waals surface area (Å²) in [5, 5.41) is 14.2. The van der Waals surface area contributed by atoms with E-state index in [4.69, 9.17) is 4.74 Å². The molecule has 0 fully saturated rings. The quantitative estimate of drug-likeness (QED) is 0.670. The van der Waals surface area contributed by atoms with Crippen molar-refractivity contribution in [2.75, 3.05) is 12.4 Å². The van der Waals surface area contributed by atoms with Crippen LogP contribution in [0.25, 0.3) is 0 Å². The van der Waals surface area contributed by atoms with Gasteiger partial charge in [-0.2, -0.15) is 0 Å². The van der Waals surface area contributed by atoms with Crippen LogP contribution < -0.4 is 10.1 Å². The lowest BCUT2D eigenvalue weighted by Gasteiger charge is -2.08. The number of nitrogens with one attached hydrogen (secondary N) is 1. The van der Waals surface area contributed by atoms with E-state index in [0.29, 0.717) is 18.0 Å². The van der Waals surface area contributed by atoms with Gasteiger partial charge in [0.05, 0.1) is 18.1 Å². The number of nitro groups is 1. The zero-order valence-corrected chi connectivity index (χ0v) is 12.4. The van der Waals surface area contributed by atoms with Gasteiger partial charge in [-0.25, -0.2) is 0 Å². The first-order valence-electron chi connectivity index (χ1n) is 6.13. The number of anilines is 1. The van der Waals surface area contributed by atoms with E-state index in [0.717, 1.165) is 5.56 Å². The molecule has 0 atom stereocenters. The van der Waals surface area contributed by atoms with Crippen LogP contribution in [0.4, 0.5) is 11.4 Å². The summed E-state index contributed by atoms with van der Waals surface area (Å²) in [6.07, 6.45) is 0. The number of methoxy groups -OCH3 is 1. The highest BCUT2D eigenvalue weighted by atomic mass is 32.1. The van der Waals surface area contributed by atoms with Gasteiger partial charge in [0.25, 0.3) is 5.69 Å². The Hall–Kier alpha value is -2.08. The molecule has 1 heterocycles. The highest BCUT2D eigenvalue weighted by Crippen LogP contribution is 2.30. The van der Waals surface area contributed by atoms with E-state index in [1.807, 2.05) is 0 Å². The van der Waals surface area contributed by atoms with E-state index in [-0.39, 0.29) is 5.69 Å². The van der Waals surface area contributed by atoms with Gasteiger partial charge in [-0.1, -0.05) is 0 Å². The molecule has 0 amide bonds. The van der Waals surface area contributed by atoms with Crippen molar-refractivity contribution in [1.29, 1.82) is 0 Å². The fourth-order valence-electron chi connectivity index (χ4n) is 1.99. The minimum Gasteiger partial charge on any atom is -0.496 e. The molecule has 6 heteroatoms. The second kappa shape index (κ2) is 5.92. The van der Waals surface area contributed by atoms with Gasteiger partial charge < -0.3 is 10.1 Å². The van der Waals surface area contributed by atoms with Crippen molar-refractivity contribution < 1.29 is 9.66 Å². The fourth-order valence-corrected chi connectivity index (χ4v) is 2.93. The molecular weight excluding hydrogens is 276 g/mol. The molecule has 1 N–H and O–H groups in total. The molecular formula is C14H16N2O3S. The first-order chi connectivity index (χ1) is 9.51. The van der Waals surface area contributed by atoms with Crippen LogP contribution in [-0.4, -0.2) is 12.0 Å². The van der Waals surface area contributed by atoms with E-state index < -0.39 is 4.92 Å². The molecule has 0 spiro atoms. The molecule has 0 aliphatic carbocycles. The zero-order chi connectivity index (χ0) is 14.7. The smallest absolute Gasteiger partial charge is 0.296 e. The van der Waals surface area contributed by atoms with Crippen molar-refractivity contribution in [3.8, 4) is 5.75 Å². The number of thiophene rings is 1. The summed E-state index contributed by atoms with van der Waals surface area (Å²) in [7, 11) is 1.49. The van der Waals surface area contributed by atoms with Gasteiger partial charge in [0.15, 0.2) is 0 Å². The van der Waals surface area contributed by atoms with Crippen LogP contribution in [0.3, 0.4) is 0 Å². The van der Waals surface area contributed by atoms with Gasteiger partial charge in [0.2, 0.25) is 0 Å². The molecule has 2 rings (SSSR count). The molecule has 0 aliphatic rings. The number of hydrogen-bond donors (Lipinski definition) is 1. The van der Waals surface area contributed by atoms with Crippen molar-refractivity contribution in [3.05, 3.63) is 49.7 Å². The highest BCUT2D eigenvalue weighted by molar-refractivity contribution is 7.12. The van der Waals surface area contributed by atoms with Gasteiger partial charge in [0, 0.05) is 16.3 Å². The van der Waals surface area contributed by atoms with Gasteiger partial charge >= 0.3 is 0 Å². The normalized spacial score (nSPS) is 10.3. The fraction of sp³-hybridized carbons (Fsp3) is 0.286. The Labute approximate surface area is 121 Å². The number of nitrogens with zero attached hydrogens (tertiary/aromatic N) is 1. The average Bonchev–Trinajstić information content (AvgIpc) is 2.74. The lowest BCUT2D eigenvalue weighted by Crippen LogP contribution is -2.03. The van der Waals surface area contributed by atoms with Gasteiger partial charge in [0.1, 0.15) is 11.4 Å². The second-order valence-electron chi connectivity index (χ2n) is 4.43. The Morgan fingerprint density at radius 1 is 1.35 bits per heavy atom. The first-order valence-corrected chi connectivity index (χ1v) is 6.95. The topological polar surface area (TPSA) is 64.4 Å². The van der Waals surface area contributed by atoms with Crippen LogP contribution in [0.15, 0.2) is 24.3 Å². The number of aryl methyl sites for hydroxylation is 2. The molecule has 2 aromatic rings. The van der Waals surface area contributed by atoms with E-state index >= 15 is 0 Å². The largest absolute Gasteiger partial charge is 0.496 e. The maximum absolute atomic E-state index is 11.1.